The molecule has 7 aliphatic carbocycles. The maximum Gasteiger partial charge on any atom is -0.0389 e. The first-order chi connectivity index (χ1) is 32.9. The number of hydrogen-bond donors (Lipinski definition) is 0. The average Bonchev–Trinajstić information content (AvgIpc) is 3.30. The zero-order valence-electron chi connectivity index (χ0n) is 52.9. The molecule has 7 aliphatic rings. The molecule has 0 aromatic heterocycles. The highest BCUT2D eigenvalue weighted by Crippen LogP contribution is 2.38. The van der Waals surface area contributed by atoms with Crippen LogP contribution in [0.1, 0.15) is 333 Å². The summed E-state index contributed by atoms with van der Waals surface area (Å²) in [4.78, 5) is 0. The van der Waals surface area contributed by atoms with Gasteiger partial charge in [0.1, 0.15) is 0 Å². The summed E-state index contributed by atoms with van der Waals surface area (Å²) in [6.07, 6.45) is 41.5. The van der Waals surface area contributed by atoms with Gasteiger partial charge in [-0.1, -0.05) is 288 Å². The second kappa shape index (κ2) is 40.2. The van der Waals surface area contributed by atoms with Crippen molar-refractivity contribution in [1.29, 1.82) is 0 Å². The van der Waals surface area contributed by atoms with Gasteiger partial charge in [-0.05, 0) is 169 Å². The molecule has 0 spiro atoms. The van der Waals surface area contributed by atoms with E-state index in [0.717, 1.165) is 124 Å². The van der Waals surface area contributed by atoms with Crippen molar-refractivity contribution in [2.24, 2.45) is 124 Å². The van der Waals surface area contributed by atoms with Crippen LogP contribution in [-0.2, 0) is 0 Å². The Hall–Kier alpha value is 0. The fourth-order valence-corrected chi connectivity index (χ4v) is 14.6. The molecule has 7 rings (SSSR count). The van der Waals surface area contributed by atoms with Crippen molar-refractivity contribution in [3.63, 3.8) is 0 Å². The van der Waals surface area contributed by atoms with E-state index in [1.807, 2.05) is 0 Å². The summed E-state index contributed by atoms with van der Waals surface area (Å²) >= 11 is 0. The largest absolute Gasteiger partial charge is 0.0776 e. The van der Waals surface area contributed by atoms with E-state index in [1.54, 1.807) is 0 Å². The molecule has 7 saturated carbocycles. The predicted octanol–water partition coefficient (Wildman–Crippen LogP) is 24.9. The van der Waals surface area contributed by atoms with Crippen molar-refractivity contribution in [2.75, 3.05) is 0 Å². The van der Waals surface area contributed by atoms with Gasteiger partial charge < -0.3 is 0 Å². The summed E-state index contributed by atoms with van der Waals surface area (Å²) in [6, 6.07) is 0. The number of hydrogen-bond acceptors (Lipinski definition) is 0. The Bertz CT molecular complexity index is 915. The first-order valence-electron chi connectivity index (χ1n) is 32.9. The topological polar surface area (TPSA) is 0 Å². The Labute approximate surface area is 454 Å². The van der Waals surface area contributed by atoms with E-state index >= 15 is 0 Å². The third-order valence-corrected chi connectivity index (χ3v) is 20.4. The minimum atomic E-state index is 0. The molecule has 0 heterocycles. The fourth-order valence-electron chi connectivity index (χ4n) is 14.6. The van der Waals surface area contributed by atoms with Crippen LogP contribution in [0.3, 0.4) is 0 Å². The van der Waals surface area contributed by atoms with Crippen molar-refractivity contribution >= 4 is 0 Å². The molecule has 71 heavy (non-hydrogen) atoms. The third kappa shape index (κ3) is 33.7. The molecule has 0 aromatic rings. The Morgan fingerprint density at radius 2 is 0.282 bits per heavy atom. The van der Waals surface area contributed by atoms with Gasteiger partial charge in [0.05, 0.1) is 0 Å². The second-order valence-corrected chi connectivity index (χ2v) is 29.9. The highest BCUT2D eigenvalue weighted by molar-refractivity contribution is 4.77. The average molecular weight is 998 g/mol. The smallest absolute Gasteiger partial charge is 0.0389 e. The molecule has 0 nitrogen and oxygen atoms in total. The van der Waals surface area contributed by atoms with Crippen LogP contribution < -0.4 is 0 Å². The first-order valence-corrected chi connectivity index (χ1v) is 32.9. The van der Waals surface area contributed by atoms with Crippen LogP contribution >= 0.6 is 0 Å². The highest BCUT2D eigenvalue weighted by Gasteiger charge is 2.26. The Morgan fingerprint density at radius 3 is 0.338 bits per heavy atom. The van der Waals surface area contributed by atoms with Crippen molar-refractivity contribution in [3.8, 4) is 0 Å². The number of rotatable bonds is 7. The van der Waals surface area contributed by atoms with Crippen molar-refractivity contribution in [3.05, 3.63) is 0 Å². The molecule has 4 unspecified atom stereocenters. The zero-order valence-corrected chi connectivity index (χ0v) is 52.9. The van der Waals surface area contributed by atoms with Crippen LogP contribution in [0.4, 0.5) is 0 Å². The lowest BCUT2D eigenvalue weighted by Gasteiger charge is -2.29. The standard InChI is InChI=1S/7C10H20.CH4/c7*1-8(2)10-6-4-5-9(3)7-10;/h7*8-10H,4-7H2,1-3H3;1H4/t2*9?,10-;2*9-,10+;2*9-,10-;;/m101010../s1. The minimum Gasteiger partial charge on any atom is -0.0776 e. The normalized spacial score (nSPS) is 34.3. The second-order valence-electron chi connectivity index (χ2n) is 29.9. The van der Waals surface area contributed by atoms with Gasteiger partial charge in [0.25, 0.3) is 0 Å². The van der Waals surface area contributed by atoms with Crippen molar-refractivity contribution in [1.82, 2.24) is 0 Å². The summed E-state index contributed by atoms with van der Waals surface area (Å²) in [6.45, 7) is 49.9. The molecule has 428 valence electrons. The molecular formula is C71H144. The zero-order chi connectivity index (χ0) is 52.9. The Kier molecular flexibility index (Phi) is 40.2. The molecule has 0 amide bonds. The molecule has 0 bridgehead atoms. The summed E-state index contributed by atoms with van der Waals surface area (Å²) in [5, 5.41) is 0. The summed E-state index contributed by atoms with van der Waals surface area (Å²) < 4.78 is 0. The molecule has 0 heteroatoms. The molecule has 0 aliphatic heterocycles. The van der Waals surface area contributed by atoms with Crippen LogP contribution in [0.25, 0.3) is 0 Å². The molecule has 14 atom stereocenters. The maximum absolute atomic E-state index is 2.40. The quantitative estimate of drug-likeness (QED) is 0.238. The lowest BCUT2D eigenvalue weighted by molar-refractivity contribution is 0.226. The molecule has 0 aromatic carbocycles. The van der Waals surface area contributed by atoms with Crippen molar-refractivity contribution < 1.29 is 0 Å². The van der Waals surface area contributed by atoms with E-state index in [0.29, 0.717) is 0 Å². The van der Waals surface area contributed by atoms with E-state index in [-0.39, 0.29) is 7.43 Å². The van der Waals surface area contributed by atoms with E-state index in [9.17, 15) is 0 Å². The van der Waals surface area contributed by atoms with E-state index in [2.05, 4.69) is 145 Å². The monoisotopic (exact) mass is 997 g/mol. The van der Waals surface area contributed by atoms with Crippen molar-refractivity contribution in [2.45, 2.75) is 333 Å². The summed E-state index contributed by atoms with van der Waals surface area (Å²) in [5.74, 6) is 20.7. The van der Waals surface area contributed by atoms with Crippen LogP contribution in [0.15, 0.2) is 0 Å². The van der Waals surface area contributed by atoms with E-state index < -0.39 is 0 Å². The van der Waals surface area contributed by atoms with Crippen LogP contribution in [-0.4, -0.2) is 0 Å². The minimum absolute atomic E-state index is 0. The van der Waals surface area contributed by atoms with Gasteiger partial charge in [0.2, 0.25) is 0 Å². The maximum atomic E-state index is 2.40. The van der Waals surface area contributed by atoms with Gasteiger partial charge in [-0.15, -0.1) is 0 Å². The lowest BCUT2D eigenvalue weighted by atomic mass is 9.77. The van der Waals surface area contributed by atoms with Gasteiger partial charge in [-0.2, -0.15) is 0 Å². The predicted molar refractivity (Wildman–Crippen MR) is 328 cm³/mol. The first kappa shape index (κ1) is 71.0. The van der Waals surface area contributed by atoms with E-state index in [1.165, 1.54) is 180 Å². The molecule has 0 radical (unpaired) electrons. The van der Waals surface area contributed by atoms with Gasteiger partial charge in [0, 0.05) is 0 Å². The Balaban J connectivity index is 0.000000803. The third-order valence-electron chi connectivity index (χ3n) is 20.4. The Morgan fingerprint density at radius 1 is 0.183 bits per heavy atom. The molecular weight excluding hydrogens is 853 g/mol. The fraction of sp³-hybridized carbons (Fsp3) is 1.00. The SMILES string of the molecule is C.CC(C)[C@@H]1CCC[C@@H](C)C1.CC(C)[C@@H]1CCC[C@H](C)C1.CC(C)[C@H]1CCC[C@@H](C)C1.CC(C)[C@H]1CCC[C@H](C)C1.CC1CCCC(C(C)C)C1.CC1CCC[C@@H](C(C)C)C1.CC1CCC[C@H](C(C)C)C1. The molecule has 7 fully saturated rings. The van der Waals surface area contributed by atoms with Crippen LogP contribution in [0.2, 0.25) is 0 Å². The lowest BCUT2D eigenvalue weighted by Crippen LogP contribution is -2.17. The summed E-state index contributed by atoms with van der Waals surface area (Å²) in [5.41, 5.74) is 0. The van der Waals surface area contributed by atoms with Gasteiger partial charge in [0.15, 0.2) is 0 Å². The molecule has 0 saturated heterocycles. The van der Waals surface area contributed by atoms with Crippen LogP contribution in [0.5, 0.6) is 0 Å². The van der Waals surface area contributed by atoms with Gasteiger partial charge in [-0.25, -0.2) is 0 Å². The van der Waals surface area contributed by atoms with Gasteiger partial charge >= 0.3 is 0 Å². The summed E-state index contributed by atoms with van der Waals surface area (Å²) in [7, 11) is 0. The molecule has 0 N–H and O–H groups in total. The van der Waals surface area contributed by atoms with Crippen LogP contribution in [0, 0.1) is 124 Å². The van der Waals surface area contributed by atoms with Gasteiger partial charge in [-0.3, -0.25) is 0 Å². The van der Waals surface area contributed by atoms with E-state index in [4.69, 9.17) is 0 Å². The highest BCUT2D eigenvalue weighted by atomic mass is 14.3.